The van der Waals surface area contributed by atoms with Gasteiger partial charge in [0.2, 0.25) is 5.88 Å². The minimum Gasteiger partial charge on any atom is -0.475 e. The lowest BCUT2D eigenvalue weighted by Gasteiger charge is -2.23. The summed E-state index contributed by atoms with van der Waals surface area (Å²) in [6.45, 7) is 1.12. The van der Waals surface area contributed by atoms with Crippen LogP contribution in [0.1, 0.15) is 12.8 Å². The van der Waals surface area contributed by atoms with E-state index in [0.29, 0.717) is 25.1 Å². The summed E-state index contributed by atoms with van der Waals surface area (Å²) in [4.78, 5) is 4.27. The van der Waals surface area contributed by atoms with Crippen LogP contribution in [0.4, 0.5) is 5.69 Å². The second-order valence-electron chi connectivity index (χ2n) is 4.26. The van der Waals surface area contributed by atoms with Crippen LogP contribution in [0.15, 0.2) is 18.3 Å². The maximum absolute atomic E-state index is 5.42. The number of hydrogen-bond acceptors (Lipinski definition) is 5. The molecule has 2 rings (SSSR count). The number of anilines is 1. The lowest BCUT2D eigenvalue weighted by molar-refractivity contribution is 0.144. The van der Waals surface area contributed by atoms with Crippen LogP contribution in [0.25, 0.3) is 0 Å². The first kappa shape index (κ1) is 13.5. The van der Waals surface area contributed by atoms with Crippen molar-refractivity contribution >= 4 is 17.4 Å². The number of pyridine rings is 1. The fraction of sp³-hybridized carbons (Fsp3) is 0.615. The number of thioether (sulfide) groups is 1. The highest BCUT2D eigenvalue weighted by Gasteiger charge is 2.13. The van der Waals surface area contributed by atoms with Gasteiger partial charge in [0.25, 0.3) is 0 Å². The molecule has 0 bridgehead atoms. The Morgan fingerprint density at radius 2 is 2.17 bits per heavy atom. The molecule has 5 heteroatoms. The fourth-order valence-corrected chi connectivity index (χ4v) is 2.96. The summed E-state index contributed by atoms with van der Waals surface area (Å²) in [6, 6.07) is 4.51. The van der Waals surface area contributed by atoms with E-state index in [-0.39, 0.29) is 0 Å². The third kappa shape index (κ3) is 4.38. The number of nitrogens with one attached hydrogen (secondary N) is 1. The molecule has 0 unspecified atom stereocenters. The molecule has 1 fully saturated rings. The minimum absolute atomic E-state index is 0.538. The number of rotatable bonds is 6. The van der Waals surface area contributed by atoms with Crippen molar-refractivity contribution < 1.29 is 9.47 Å². The van der Waals surface area contributed by atoms with Gasteiger partial charge in [-0.1, -0.05) is 0 Å². The highest BCUT2D eigenvalue weighted by molar-refractivity contribution is 7.99. The second kappa shape index (κ2) is 7.48. The SMILES string of the molecule is COCCOc1ccc(NC2CCSCC2)cn1. The molecule has 0 spiro atoms. The number of methoxy groups -OCH3 is 1. The van der Waals surface area contributed by atoms with Gasteiger partial charge in [0.15, 0.2) is 0 Å². The molecule has 1 aromatic heterocycles. The summed E-state index contributed by atoms with van der Waals surface area (Å²) in [6.07, 6.45) is 4.30. The van der Waals surface area contributed by atoms with Crippen LogP contribution in [0.5, 0.6) is 5.88 Å². The van der Waals surface area contributed by atoms with Gasteiger partial charge < -0.3 is 14.8 Å². The summed E-state index contributed by atoms with van der Waals surface area (Å²) in [5.41, 5.74) is 1.07. The van der Waals surface area contributed by atoms with Gasteiger partial charge in [0.05, 0.1) is 18.5 Å². The zero-order chi connectivity index (χ0) is 12.6. The van der Waals surface area contributed by atoms with E-state index in [1.165, 1.54) is 24.3 Å². The molecule has 1 aromatic rings. The molecule has 18 heavy (non-hydrogen) atoms. The summed E-state index contributed by atoms with van der Waals surface area (Å²) in [7, 11) is 1.66. The molecule has 0 radical (unpaired) electrons. The van der Waals surface area contributed by atoms with E-state index in [9.17, 15) is 0 Å². The van der Waals surface area contributed by atoms with Crippen molar-refractivity contribution in [2.75, 3.05) is 37.1 Å². The van der Waals surface area contributed by atoms with Crippen LogP contribution in [-0.2, 0) is 4.74 Å². The topological polar surface area (TPSA) is 43.4 Å². The first-order valence-corrected chi connectivity index (χ1v) is 7.46. The average molecular weight is 268 g/mol. The summed E-state index contributed by atoms with van der Waals surface area (Å²) < 4.78 is 10.3. The van der Waals surface area contributed by atoms with E-state index >= 15 is 0 Å². The van der Waals surface area contributed by atoms with Gasteiger partial charge in [0, 0.05) is 19.2 Å². The van der Waals surface area contributed by atoms with E-state index in [4.69, 9.17) is 9.47 Å². The lowest BCUT2D eigenvalue weighted by atomic mass is 10.1. The summed E-state index contributed by atoms with van der Waals surface area (Å²) in [5, 5.41) is 3.52. The summed E-state index contributed by atoms with van der Waals surface area (Å²) in [5.74, 6) is 3.16. The smallest absolute Gasteiger partial charge is 0.213 e. The molecule has 1 aliphatic heterocycles. The van der Waals surface area contributed by atoms with Crippen LogP contribution < -0.4 is 10.1 Å². The van der Waals surface area contributed by atoms with Crippen LogP contribution in [0, 0.1) is 0 Å². The highest BCUT2D eigenvalue weighted by atomic mass is 32.2. The molecule has 4 nitrogen and oxygen atoms in total. The molecule has 1 aliphatic rings. The maximum Gasteiger partial charge on any atom is 0.213 e. The highest BCUT2D eigenvalue weighted by Crippen LogP contribution is 2.21. The molecule has 0 amide bonds. The largest absolute Gasteiger partial charge is 0.475 e. The van der Waals surface area contributed by atoms with Crippen LogP contribution in [0.3, 0.4) is 0 Å². The normalized spacial score (nSPS) is 16.5. The zero-order valence-electron chi connectivity index (χ0n) is 10.7. The molecule has 1 saturated heterocycles. The Balaban J connectivity index is 1.79. The van der Waals surface area contributed by atoms with Crippen LogP contribution in [0.2, 0.25) is 0 Å². The van der Waals surface area contributed by atoms with Crippen LogP contribution >= 0.6 is 11.8 Å². The molecular weight excluding hydrogens is 248 g/mol. The van der Waals surface area contributed by atoms with Gasteiger partial charge in [-0.15, -0.1) is 0 Å². The van der Waals surface area contributed by atoms with E-state index in [1.54, 1.807) is 7.11 Å². The predicted molar refractivity (Wildman–Crippen MR) is 75.6 cm³/mol. The number of hydrogen-bond donors (Lipinski definition) is 1. The molecule has 2 heterocycles. The van der Waals surface area contributed by atoms with E-state index in [2.05, 4.69) is 10.3 Å². The van der Waals surface area contributed by atoms with Crippen molar-refractivity contribution in [2.45, 2.75) is 18.9 Å². The lowest BCUT2D eigenvalue weighted by Crippen LogP contribution is -2.24. The van der Waals surface area contributed by atoms with Gasteiger partial charge in [-0.05, 0) is 30.4 Å². The van der Waals surface area contributed by atoms with Crippen molar-refractivity contribution in [1.82, 2.24) is 4.98 Å². The molecular formula is C13H20N2O2S. The van der Waals surface area contributed by atoms with E-state index in [0.717, 1.165) is 5.69 Å². The minimum atomic E-state index is 0.538. The average Bonchev–Trinajstić information content (AvgIpc) is 2.42. The fourth-order valence-electron chi connectivity index (χ4n) is 1.86. The van der Waals surface area contributed by atoms with E-state index < -0.39 is 0 Å². The summed E-state index contributed by atoms with van der Waals surface area (Å²) >= 11 is 2.04. The Kier molecular flexibility index (Phi) is 5.61. The van der Waals surface area contributed by atoms with Gasteiger partial charge in [-0.25, -0.2) is 4.98 Å². The number of nitrogens with zero attached hydrogens (tertiary/aromatic N) is 1. The Morgan fingerprint density at radius 3 is 2.83 bits per heavy atom. The molecule has 0 aromatic carbocycles. The maximum atomic E-state index is 5.42. The van der Waals surface area contributed by atoms with Gasteiger partial charge in [-0.3, -0.25) is 0 Å². The van der Waals surface area contributed by atoms with Gasteiger partial charge in [0.1, 0.15) is 6.61 Å². The third-order valence-electron chi connectivity index (χ3n) is 2.87. The van der Waals surface area contributed by atoms with Crippen molar-refractivity contribution in [3.8, 4) is 5.88 Å². The van der Waals surface area contributed by atoms with Crippen LogP contribution in [-0.4, -0.2) is 42.9 Å². The zero-order valence-corrected chi connectivity index (χ0v) is 11.5. The quantitative estimate of drug-likeness (QED) is 0.803. The Morgan fingerprint density at radius 1 is 1.33 bits per heavy atom. The number of aromatic nitrogens is 1. The second-order valence-corrected chi connectivity index (χ2v) is 5.48. The third-order valence-corrected chi connectivity index (χ3v) is 3.91. The van der Waals surface area contributed by atoms with Crippen molar-refractivity contribution in [3.63, 3.8) is 0 Å². The first-order chi connectivity index (χ1) is 8.88. The standard InChI is InChI=1S/C13H20N2O2S/c1-16-6-7-17-13-3-2-12(10-14-13)15-11-4-8-18-9-5-11/h2-3,10-11,15H,4-9H2,1H3. The van der Waals surface area contributed by atoms with Crippen molar-refractivity contribution in [2.24, 2.45) is 0 Å². The van der Waals surface area contributed by atoms with Gasteiger partial charge >= 0.3 is 0 Å². The Bertz CT molecular complexity index is 339. The first-order valence-electron chi connectivity index (χ1n) is 6.30. The molecule has 0 saturated carbocycles. The molecule has 0 aliphatic carbocycles. The van der Waals surface area contributed by atoms with Gasteiger partial charge in [-0.2, -0.15) is 11.8 Å². The Labute approximate surface area is 112 Å². The molecule has 1 N–H and O–H groups in total. The number of ether oxygens (including phenoxy) is 2. The molecule has 100 valence electrons. The molecule has 0 atom stereocenters. The van der Waals surface area contributed by atoms with E-state index in [1.807, 2.05) is 30.1 Å². The van der Waals surface area contributed by atoms with Crippen molar-refractivity contribution in [3.05, 3.63) is 18.3 Å². The Hall–Kier alpha value is -0.940. The monoisotopic (exact) mass is 268 g/mol. The van der Waals surface area contributed by atoms with Crippen molar-refractivity contribution in [1.29, 1.82) is 0 Å². The predicted octanol–water partition coefficient (Wildman–Crippen LogP) is 2.41.